The average Bonchev–Trinajstić information content (AvgIpc) is 2.77. The molecule has 1 aromatic heterocycles. The van der Waals surface area contributed by atoms with Crippen LogP contribution in [0.15, 0.2) is 66.6 Å². The summed E-state index contributed by atoms with van der Waals surface area (Å²) in [6.45, 7) is 5.80. The number of halogens is 2. The Kier molecular flexibility index (Phi) is 9.66. The summed E-state index contributed by atoms with van der Waals surface area (Å²) in [6.07, 6.45) is 8.54. The molecule has 168 valence electrons. The second-order valence-electron chi connectivity index (χ2n) is 7.10. The summed E-state index contributed by atoms with van der Waals surface area (Å²) in [5.74, 6) is 0.164. The van der Waals surface area contributed by atoms with Gasteiger partial charge in [0.15, 0.2) is 5.78 Å². The van der Waals surface area contributed by atoms with Crippen molar-refractivity contribution in [2.24, 2.45) is 0 Å². The summed E-state index contributed by atoms with van der Waals surface area (Å²) in [6, 6.07) is 11.2. The first kappa shape index (κ1) is 24.9. The smallest absolute Gasteiger partial charge is 0.505 e. The normalized spacial score (nSPS) is 11.8. The van der Waals surface area contributed by atoms with E-state index in [4.69, 9.17) is 0 Å². The zero-order valence-corrected chi connectivity index (χ0v) is 18.8. The second kappa shape index (κ2) is 12.4. The van der Waals surface area contributed by atoms with E-state index in [0.29, 0.717) is 0 Å². The fourth-order valence-electron chi connectivity index (χ4n) is 2.88. The number of ketones is 1. The van der Waals surface area contributed by atoms with Gasteiger partial charge in [-0.25, -0.2) is 13.6 Å². The van der Waals surface area contributed by atoms with E-state index in [9.17, 15) is 13.4 Å². The third kappa shape index (κ3) is 8.02. The highest BCUT2D eigenvalue weighted by molar-refractivity contribution is 6.35. The third-order valence-corrected chi connectivity index (χ3v) is 4.66. The molecule has 0 fully saturated rings. The first-order valence-corrected chi connectivity index (χ1v) is 10.4. The molecule has 0 amide bonds. The molecule has 2 rings (SSSR count). The molecule has 2 aromatic rings. The van der Waals surface area contributed by atoms with Gasteiger partial charge in [0.25, 0.3) is 0 Å². The Morgan fingerprint density at radius 1 is 1.00 bits per heavy atom. The van der Waals surface area contributed by atoms with Gasteiger partial charge in [-0.15, -0.1) is 0 Å². The number of anilines is 2. The molecule has 0 N–H and O–H groups in total. The van der Waals surface area contributed by atoms with Crippen molar-refractivity contribution in [3.63, 3.8) is 0 Å². The summed E-state index contributed by atoms with van der Waals surface area (Å²) in [4.78, 5) is 20.7. The monoisotopic (exact) mass is 439 g/mol. The number of hydrogen-bond donors (Lipinski definition) is 0. The van der Waals surface area contributed by atoms with Gasteiger partial charge in [0.2, 0.25) is 0 Å². The molecule has 0 saturated carbocycles. The molecule has 0 aliphatic heterocycles. The Morgan fingerprint density at radius 2 is 1.62 bits per heavy atom. The zero-order valence-electron chi connectivity index (χ0n) is 18.8. The predicted molar refractivity (Wildman–Crippen MR) is 129 cm³/mol. The molecule has 0 bridgehead atoms. The van der Waals surface area contributed by atoms with Crippen LogP contribution in [0.25, 0.3) is 12.2 Å². The summed E-state index contributed by atoms with van der Waals surface area (Å²) in [5.41, 5.74) is 2.54. The van der Waals surface area contributed by atoms with E-state index in [-0.39, 0.29) is 5.76 Å². The Morgan fingerprint density at radius 3 is 2.16 bits per heavy atom. The van der Waals surface area contributed by atoms with Crippen LogP contribution in [-0.4, -0.2) is 45.4 Å². The Balaban J connectivity index is 2.10. The fraction of sp³-hybridized carbons (Fsp3) is 0.250. The standard InChI is InChI=1S/C24H28BF2N3O2/c1-5-30(6-2)24-16-11-20(18-28-24)9-14-22(31)17-23(32-25(26)27)15-10-19-7-12-21(13-8-19)29(3)4/h7-18H,5-6H2,1-4H3/b14-9+,15-10+,23-17-. The molecule has 32 heavy (non-hydrogen) atoms. The maximum Gasteiger partial charge on any atom is 0.796 e. The van der Waals surface area contributed by atoms with Gasteiger partial charge in [-0.05, 0) is 67.5 Å². The second-order valence-corrected chi connectivity index (χ2v) is 7.10. The van der Waals surface area contributed by atoms with E-state index < -0.39 is 13.3 Å². The van der Waals surface area contributed by atoms with Crippen molar-refractivity contribution in [1.29, 1.82) is 0 Å². The van der Waals surface area contributed by atoms with Crippen molar-refractivity contribution < 1.29 is 18.1 Å². The van der Waals surface area contributed by atoms with Crippen molar-refractivity contribution in [3.8, 4) is 0 Å². The quantitative estimate of drug-likeness (QED) is 0.211. The van der Waals surface area contributed by atoms with Crippen LogP contribution in [-0.2, 0) is 9.45 Å². The number of aromatic nitrogens is 1. The number of nitrogens with zero attached hydrogens (tertiary/aromatic N) is 3. The summed E-state index contributed by atoms with van der Waals surface area (Å²) in [5, 5.41) is 0. The first-order chi connectivity index (χ1) is 15.3. The van der Waals surface area contributed by atoms with Crippen LogP contribution >= 0.6 is 0 Å². The van der Waals surface area contributed by atoms with E-state index in [2.05, 4.69) is 28.4 Å². The number of carbonyl (C=O) groups excluding carboxylic acids is 1. The SMILES string of the molecule is CCN(CC)c1ccc(/C=C/C(=O)/C=C(/C=C/c2ccc(N(C)C)cc2)OB(F)F)cn1. The lowest BCUT2D eigenvalue weighted by Gasteiger charge is -2.19. The molecule has 0 atom stereocenters. The molecular formula is C24H28BF2N3O2. The largest absolute Gasteiger partial charge is 0.796 e. The van der Waals surface area contributed by atoms with Crippen LogP contribution in [0.4, 0.5) is 20.1 Å². The molecular weight excluding hydrogens is 411 g/mol. The highest BCUT2D eigenvalue weighted by Crippen LogP contribution is 2.15. The van der Waals surface area contributed by atoms with Crippen LogP contribution in [0.2, 0.25) is 0 Å². The Hall–Kier alpha value is -3.42. The number of pyridine rings is 1. The van der Waals surface area contributed by atoms with Crippen molar-refractivity contribution in [3.05, 3.63) is 77.7 Å². The maximum atomic E-state index is 12.8. The van der Waals surface area contributed by atoms with Crippen molar-refractivity contribution in [1.82, 2.24) is 4.98 Å². The van der Waals surface area contributed by atoms with Gasteiger partial charge in [-0.3, -0.25) is 4.79 Å². The molecule has 0 unspecified atom stereocenters. The van der Waals surface area contributed by atoms with Gasteiger partial charge in [0.1, 0.15) is 11.6 Å². The predicted octanol–water partition coefficient (Wildman–Crippen LogP) is 5.11. The number of rotatable bonds is 11. The van der Waals surface area contributed by atoms with Crippen LogP contribution in [0.3, 0.4) is 0 Å². The van der Waals surface area contributed by atoms with Gasteiger partial charge in [0, 0.05) is 45.1 Å². The summed E-state index contributed by atoms with van der Waals surface area (Å²) >= 11 is 0. The van der Waals surface area contributed by atoms with Gasteiger partial charge in [-0.1, -0.05) is 18.2 Å². The fourth-order valence-corrected chi connectivity index (χ4v) is 2.88. The van der Waals surface area contributed by atoms with Crippen molar-refractivity contribution >= 4 is 36.9 Å². The minimum absolute atomic E-state index is 0.221. The van der Waals surface area contributed by atoms with E-state index >= 15 is 0 Å². The molecule has 8 heteroatoms. The van der Waals surface area contributed by atoms with Crippen molar-refractivity contribution in [2.45, 2.75) is 13.8 Å². The lowest BCUT2D eigenvalue weighted by atomic mass is 10.1. The minimum Gasteiger partial charge on any atom is -0.505 e. The Bertz CT molecular complexity index is 952. The lowest BCUT2D eigenvalue weighted by Crippen LogP contribution is -2.22. The van der Waals surface area contributed by atoms with Crippen LogP contribution in [0.5, 0.6) is 0 Å². The van der Waals surface area contributed by atoms with Gasteiger partial charge < -0.3 is 14.5 Å². The van der Waals surface area contributed by atoms with E-state index in [1.807, 2.05) is 55.4 Å². The number of hydrogen-bond acceptors (Lipinski definition) is 5. The maximum absolute atomic E-state index is 12.8. The summed E-state index contributed by atoms with van der Waals surface area (Å²) < 4.78 is 30.0. The third-order valence-electron chi connectivity index (χ3n) is 4.66. The van der Waals surface area contributed by atoms with Gasteiger partial charge in [-0.2, -0.15) is 0 Å². The topological polar surface area (TPSA) is 45.7 Å². The van der Waals surface area contributed by atoms with E-state index in [0.717, 1.165) is 41.8 Å². The average molecular weight is 439 g/mol. The summed E-state index contributed by atoms with van der Waals surface area (Å²) in [7, 11) is 0.823. The first-order valence-electron chi connectivity index (χ1n) is 10.4. The Labute approximate surface area is 188 Å². The van der Waals surface area contributed by atoms with Crippen LogP contribution in [0.1, 0.15) is 25.0 Å². The number of allylic oxidation sites excluding steroid dienone is 3. The molecule has 0 spiro atoms. The van der Waals surface area contributed by atoms with Gasteiger partial charge >= 0.3 is 7.47 Å². The van der Waals surface area contributed by atoms with Crippen LogP contribution < -0.4 is 9.80 Å². The van der Waals surface area contributed by atoms with Crippen LogP contribution in [0, 0.1) is 0 Å². The molecule has 0 saturated heterocycles. The molecule has 1 aromatic carbocycles. The zero-order chi connectivity index (χ0) is 23.5. The van der Waals surface area contributed by atoms with Crippen molar-refractivity contribution in [2.75, 3.05) is 37.0 Å². The molecule has 1 heterocycles. The lowest BCUT2D eigenvalue weighted by molar-refractivity contribution is -0.110. The molecule has 0 radical (unpaired) electrons. The van der Waals surface area contributed by atoms with Gasteiger partial charge in [0.05, 0.1) is 0 Å². The van der Waals surface area contributed by atoms with E-state index in [1.54, 1.807) is 18.3 Å². The number of carbonyl (C=O) groups is 1. The highest BCUT2D eigenvalue weighted by Gasteiger charge is 2.18. The number of benzene rings is 1. The molecule has 5 nitrogen and oxygen atoms in total. The highest BCUT2D eigenvalue weighted by atomic mass is 19.2. The minimum atomic E-state index is -3.03. The molecule has 0 aliphatic carbocycles. The van der Waals surface area contributed by atoms with E-state index in [1.165, 1.54) is 12.2 Å². The molecule has 0 aliphatic rings.